The molecule has 3 rings (SSSR count). The molecular formula is C25H26N2O2. The lowest BCUT2D eigenvalue weighted by Gasteiger charge is -2.19. The van der Waals surface area contributed by atoms with Gasteiger partial charge in [-0.1, -0.05) is 60.7 Å². The number of anilines is 1. The molecule has 3 aromatic carbocycles. The highest BCUT2D eigenvalue weighted by atomic mass is 16.2. The third kappa shape index (κ3) is 5.11. The molecule has 1 N–H and O–H groups in total. The summed E-state index contributed by atoms with van der Waals surface area (Å²) < 4.78 is 0. The molecule has 4 heteroatoms. The van der Waals surface area contributed by atoms with Crippen molar-refractivity contribution in [3.63, 3.8) is 0 Å². The van der Waals surface area contributed by atoms with Crippen molar-refractivity contribution in [1.29, 1.82) is 0 Å². The van der Waals surface area contributed by atoms with E-state index >= 15 is 0 Å². The van der Waals surface area contributed by atoms with Crippen molar-refractivity contribution in [2.75, 3.05) is 18.9 Å². The zero-order valence-corrected chi connectivity index (χ0v) is 17.1. The van der Waals surface area contributed by atoms with Gasteiger partial charge < -0.3 is 10.2 Å². The first-order chi connectivity index (χ1) is 14.0. The lowest BCUT2D eigenvalue weighted by atomic mass is 9.99. The van der Waals surface area contributed by atoms with Crippen LogP contribution in [0.1, 0.15) is 32.6 Å². The molecule has 0 heterocycles. The van der Waals surface area contributed by atoms with E-state index in [2.05, 4.69) is 5.32 Å². The highest BCUT2D eigenvalue weighted by molar-refractivity contribution is 6.00. The predicted octanol–water partition coefficient (Wildman–Crippen LogP) is 4.60. The maximum atomic E-state index is 13.0. The van der Waals surface area contributed by atoms with Crippen LogP contribution >= 0.6 is 0 Å². The van der Waals surface area contributed by atoms with Crippen LogP contribution in [0.5, 0.6) is 0 Å². The maximum absolute atomic E-state index is 13.0. The van der Waals surface area contributed by atoms with Gasteiger partial charge in [-0.05, 0) is 54.7 Å². The highest BCUT2D eigenvalue weighted by Gasteiger charge is 2.18. The molecule has 2 amide bonds. The van der Waals surface area contributed by atoms with E-state index < -0.39 is 0 Å². The van der Waals surface area contributed by atoms with Crippen LogP contribution < -0.4 is 5.32 Å². The number of nitrogens with zero attached hydrogens (tertiary/aromatic N) is 1. The number of amides is 2. The molecule has 4 nitrogen and oxygen atoms in total. The van der Waals surface area contributed by atoms with Crippen molar-refractivity contribution >= 4 is 17.5 Å². The summed E-state index contributed by atoms with van der Waals surface area (Å²) in [6.07, 6.45) is 0.672. The van der Waals surface area contributed by atoms with E-state index in [1.54, 1.807) is 7.05 Å². The maximum Gasteiger partial charge on any atom is 0.254 e. The van der Waals surface area contributed by atoms with Gasteiger partial charge >= 0.3 is 0 Å². The van der Waals surface area contributed by atoms with Gasteiger partial charge in [-0.25, -0.2) is 0 Å². The number of benzene rings is 3. The third-order valence-corrected chi connectivity index (χ3v) is 5.09. The Balaban J connectivity index is 1.70. The van der Waals surface area contributed by atoms with E-state index in [1.807, 2.05) is 86.6 Å². The number of rotatable bonds is 6. The average molecular weight is 386 g/mol. The Morgan fingerprint density at radius 1 is 0.862 bits per heavy atom. The Hall–Kier alpha value is -3.40. The molecule has 0 saturated heterocycles. The standard InChI is InChI=1S/C25H26N2O2/c1-18-10-9-15-23(19(18)2)26-24(28)17-27(3)25(29)22-14-8-7-13-21(22)16-20-11-5-4-6-12-20/h4-15H,16-17H2,1-3H3,(H,26,28). The van der Waals surface area contributed by atoms with E-state index in [1.165, 1.54) is 4.90 Å². The van der Waals surface area contributed by atoms with Crippen molar-refractivity contribution in [3.05, 3.63) is 101 Å². The number of carbonyl (C=O) groups excluding carboxylic acids is 2. The molecule has 0 bridgehead atoms. The van der Waals surface area contributed by atoms with Gasteiger partial charge in [-0.2, -0.15) is 0 Å². The summed E-state index contributed by atoms with van der Waals surface area (Å²) in [7, 11) is 1.66. The van der Waals surface area contributed by atoms with Crippen molar-refractivity contribution < 1.29 is 9.59 Å². The fourth-order valence-electron chi connectivity index (χ4n) is 3.27. The molecule has 3 aromatic rings. The lowest BCUT2D eigenvalue weighted by Crippen LogP contribution is -2.35. The molecule has 0 saturated carbocycles. The Morgan fingerprint density at radius 3 is 2.31 bits per heavy atom. The van der Waals surface area contributed by atoms with Crippen molar-refractivity contribution in [2.24, 2.45) is 0 Å². The molecule has 0 aliphatic carbocycles. The lowest BCUT2D eigenvalue weighted by molar-refractivity contribution is -0.116. The van der Waals surface area contributed by atoms with Crippen LogP contribution in [0.4, 0.5) is 5.69 Å². The van der Waals surface area contributed by atoms with E-state index in [-0.39, 0.29) is 18.4 Å². The molecule has 0 unspecified atom stereocenters. The topological polar surface area (TPSA) is 49.4 Å². The first-order valence-corrected chi connectivity index (χ1v) is 9.69. The molecule has 0 atom stereocenters. The number of hydrogen-bond donors (Lipinski definition) is 1. The van der Waals surface area contributed by atoms with Gasteiger partial charge in [0.1, 0.15) is 0 Å². The Kier molecular flexibility index (Phi) is 6.45. The average Bonchev–Trinajstić information content (AvgIpc) is 2.72. The molecule has 0 radical (unpaired) electrons. The summed E-state index contributed by atoms with van der Waals surface area (Å²) in [4.78, 5) is 27.0. The monoisotopic (exact) mass is 386 g/mol. The zero-order valence-electron chi connectivity index (χ0n) is 17.1. The van der Waals surface area contributed by atoms with Gasteiger partial charge in [0.25, 0.3) is 5.91 Å². The number of hydrogen-bond acceptors (Lipinski definition) is 2. The van der Waals surface area contributed by atoms with Gasteiger partial charge in [0.2, 0.25) is 5.91 Å². The normalized spacial score (nSPS) is 10.4. The summed E-state index contributed by atoms with van der Waals surface area (Å²) in [5, 5.41) is 2.91. The van der Waals surface area contributed by atoms with Crippen LogP contribution in [0.3, 0.4) is 0 Å². The summed E-state index contributed by atoms with van der Waals surface area (Å²) in [6.45, 7) is 3.97. The molecule has 148 valence electrons. The minimum atomic E-state index is -0.213. The highest BCUT2D eigenvalue weighted by Crippen LogP contribution is 2.19. The number of likely N-dealkylation sites (N-methyl/N-ethyl adjacent to an activating group) is 1. The summed E-state index contributed by atoms with van der Waals surface area (Å²) in [5.41, 5.74) is 5.64. The molecule has 0 aliphatic heterocycles. The fraction of sp³-hybridized carbons (Fsp3) is 0.200. The Morgan fingerprint density at radius 2 is 1.55 bits per heavy atom. The van der Waals surface area contributed by atoms with Crippen molar-refractivity contribution in [3.8, 4) is 0 Å². The number of aryl methyl sites for hydroxylation is 1. The Labute approximate surface area is 172 Å². The fourth-order valence-corrected chi connectivity index (χ4v) is 3.27. The van der Waals surface area contributed by atoms with Gasteiger partial charge in [-0.3, -0.25) is 9.59 Å². The van der Waals surface area contributed by atoms with Crippen LogP contribution in [0.15, 0.2) is 72.8 Å². The van der Waals surface area contributed by atoms with E-state index in [0.29, 0.717) is 12.0 Å². The quantitative estimate of drug-likeness (QED) is 0.673. The molecule has 0 aliphatic rings. The smallest absolute Gasteiger partial charge is 0.254 e. The second-order valence-electron chi connectivity index (χ2n) is 7.28. The summed E-state index contributed by atoms with van der Waals surface area (Å²) in [6, 6.07) is 23.4. The SMILES string of the molecule is Cc1cccc(NC(=O)CN(C)C(=O)c2ccccc2Cc2ccccc2)c1C. The molecular weight excluding hydrogens is 360 g/mol. The minimum absolute atomic E-state index is 0.00805. The number of nitrogens with one attached hydrogen (secondary N) is 1. The van der Waals surface area contributed by atoms with Crippen molar-refractivity contribution in [1.82, 2.24) is 4.90 Å². The van der Waals surface area contributed by atoms with Crippen LogP contribution in [0.2, 0.25) is 0 Å². The van der Waals surface area contributed by atoms with Crippen molar-refractivity contribution in [2.45, 2.75) is 20.3 Å². The van der Waals surface area contributed by atoms with Gasteiger partial charge in [-0.15, -0.1) is 0 Å². The predicted molar refractivity (Wildman–Crippen MR) is 117 cm³/mol. The van der Waals surface area contributed by atoms with Crippen LogP contribution in [-0.4, -0.2) is 30.3 Å². The first kappa shape index (κ1) is 20.3. The van der Waals surface area contributed by atoms with Gasteiger partial charge in [0.15, 0.2) is 0 Å². The molecule has 0 fully saturated rings. The second-order valence-corrected chi connectivity index (χ2v) is 7.28. The Bertz CT molecular complexity index is 1010. The van der Waals surface area contributed by atoms with Crippen LogP contribution in [-0.2, 0) is 11.2 Å². The van der Waals surface area contributed by atoms with Crippen LogP contribution in [0.25, 0.3) is 0 Å². The summed E-state index contributed by atoms with van der Waals surface area (Å²) in [5.74, 6) is -0.372. The van der Waals surface area contributed by atoms with Gasteiger partial charge in [0.05, 0.1) is 6.54 Å². The third-order valence-electron chi connectivity index (χ3n) is 5.09. The zero-order chi connectivity index (χ0) is 20.8. The van der Waals surface area contributed by atoms with Crippen LogP contribution in [0, 0.1) is 13.8 Å². The minimum Gasteiger partial charge on any atom is -0.332 e. The molecule has 0 aromatic heterocycles. The van der Waals surface area contributed by atoms with E-state index in [0.717, 1.165) is 27.9 Å². The van der Waals surface area contributed by atoms with E-state index in [9.17, 15) is 9.59 Å². The first-order valence-electron chi connectivity index (χ1n) is 9.69. The second kappa shape index (κ2) is 9.20. The number of carbonyl (C=O) groups is 2. The van der Waals surface area contributed by atoms with E-state index in [4.69, 9.17) is 0 Å². The molecule has 0 spiro atoms. The molecule has 29 heavy (non-hydrogen) atoms. The largest absolute Gasteiger partial charge is 0.332 e. The van der Waals surface area contributed by atoms with Gasteiger partial charge in [0, 0.05) is 18.3 Å². The summed E-state index contributed by atoms with van der Waals surface area (Å²) >= 11 is 0.